The highest BCUT2D eigenvalue weighted by Gasteiger charge is 2.13. The summed E-state index contributed by atoms with van der Waals surface area (Å²) in [6.07, 6.45) is 0.817. The number of nitrogens with zero attached hydrogens (tertiary/aromatic N) is 2. The van der Waals surface area contributed by atoms with Crippen LogP contribution < -0.4 is 11.0 Å². The molecule has 0 aliphatic heterocycles. The van der Waals surface area contributed by atoms with Gasteiger partial charge in [0, 0.05) is 11.4 Å². The SMILES string of the molecule is CCc1cccc(C)c1NC(=O)CSc1nc(=O)[nH]c(C)c1C#N. The Balaban J connectivity index is 2.13. The number of hydrogen-bond acceptors (Lipinski definition) is 5. The molecule has 124 valence electrons. The summed E-state index contributed by atoms with van der Waals surface area (Å²) in [4.78, 5) is 30.0. The van der Waals surface area contributed by atoms with Crippen LogP contribution in [0.4, 0.5) is 5.69 Å². The molecule has 1 heterocycles. The summed E-state index contributed by atoms with van der Waals surface area (Å²) in [5.74, 6) is -0.130. The molecule has 0 spiro atoms. The predicted octanol–water partition coefficient (Wildman–Crippen LogP) is 2.55. The van der Waals surface area contributed by atoms with Gasteiger partial charge < -0.3 is 10.3 Å². The fourth-order valence-corrected chi connectivity index (χ4v) is 3.14. The number of benzene rings is 1. The summed E-state index contributed by atoms with van der Waals surface area (Å²) >= 11 is 1.08. The molecule has 0 atom stereocenters. The first kappa shape index (κ1) is 17.8. The maximum Gasteiger partial charge on any atom is 0.346 e. The van der Waals surface area contributed by atoms with Gasteiger partial charge in [-0.1, -0.05) is 36.9 Å². The normalized spacial score (nSPS) is 10.2. The first-order chi connectivity index (χ1) is 11.5. The molecule has 1 aromatic heterocycles. The van der Waals surface area contributed by atoms with Crippen molar-refractivity contribution >= 4 is 23.4 Å². The molecule has 6 nitrogen and oxygen atoms in total. The van der Waals surface area contributed by atoms with E-state index in [0.29, 0.717) is 5.69 Å². The zero-order valence-electron chi connectivity index (χ0n) is 13.8. The summed E-state index contributed by atoms with van der Waals surface area (Å²) in [5, 5.41) is 12.4. The van der Waals surface area contributed by atoms with E-state index in [2.05, 4.69) is 15.3 Å². The van der Waals surface area contributed by atoms with E-state index in [4.69, 9.17) is 5.26 Å². The van der Waals surface area contributed by atoms with Crippen LogP contribution >= 0.6 is 11.8 Å². The van der Waals surface area contributed by atoms with Crippen molar-refractivity contribution in [2.75, 3.05) is 11.1 Å². The van der Waals surface area contributed by atoms with Crippen LogP contribution in [0.25, 0.3) is 0 Å². The molecule has 0 bridgehead atoms. The zero-order valence-corrected chi connectivity index (χ0v) is 14.6. The molecule has 2 N–H and O–H groups in total. The average Bonchev–Trinajstić information content (AvgIpc) is 2.54. The Bertz CT molecular complexity index is 868. The van der Waals surface area contributed by atoms with Crippen LogP contribution in [0.3, 0.4) is 0 Å². The monoisotopic (exact) mass is 342 g/mol. The third kappa shape index (κ3) is 4.03. The maximum atomic E-state index is 12.2. The zero-order chi connectivity index (χ0) is 17.7. The fraction of sp³-hybridized carbons (Fsp3) is 0.294. The number of hydrogen-bond donors (Lipinski definition) is 2. The van der Waals surface area contributed by atoms with Gasteiger partial charge in [-0.05, 0) is 31.4 Å². The Hall–Kier alpha value is -2.59. The van der Waals surface area contributed by atoms with Crippen molar-refractivity contribution in [3.8, 4) is 6.07 Å². The van der Waals surface area contributed by atoms with E-state index in [-0.39, 0.29) is 22.2 Å². The highest BCUT2D eigenvalue weighted by Crippen LogP contribution is 2.23. The van der Waals surface area contributed by atoms with Gasteiger partial charge in [-0.25, -0.2) is 4.79 Å². The predicted molar refractivity (Wildman–Crippen MR) is 94.2 cm³/mol. The van der Waals surface area contributed by atoms with Crippen molar-refractivity contribution < 1.29 is 4.79 Å². The second kappa shape index (κ2) is 7.79. The van der Waals surface area contributed by atoms with E-state index in [1.807, 2.05) is 38.1 Å². The molecule has 0 aliphatic carbocycles. The van der Waals surface area contributed by atoms with Crippen LogP contribution in [0.2, 0.25) is 0 Å². The van der Waals surface area contributed by atoms with E-state index in [1.165, 1.54) is 0 Å². The minimum absolute atomic E-state index is 0.0715. The van der Waals surface area contributed by atoms with Crippen LogP contribution in [0.1, 0.15) is 29.3 Å². The number of thioether (sulfide) groups is 1. The van der Waals surface area contributed by atoms with E-state index in [1.54, 1.807) is 6.92 Å². The number of aromatic nitrogens is 2. The molecule has 0 unspecified atom stereocenters. The standard InChI is InChI=1S/C17H18N4O2S/c1-4-12-7-5-6-10(2)15(12)20-14(22)9-24-16-13(8-18)11(3)19-17(23)21-16/h5-7H,4,9H2,1-3H3,(H,20,22)(H,19,21,23). The van der Waals surface area contributed by atoms with Crippen molar-refractivity contribution in [3.63, 3.8) is 0 Å². The van der Waals surface area contributed by atoms with Crippen molar-refractivity contribution in [2.45, 2.75) is 32.2 Å². The molecule has 1 aromatic carbocycles. The molecule has 0 fully saturated rings. The van der Waals surface area contributed by atoms with Crippen molar-refractivity contribution in [2.24, 2.45) is 0 Å². The van der Waals surface area contributed by atoms with Gasteiger partial charge in [-0.15, -0.1) is 0 Å². The summed E-state index contributed by atoms with van der Waals surface area (Å²) in [6, 6.07) is 7.88. The summed E-state index contributed by atoms with van der Waals surface area (Å²) in [5.41, 5.74) is 3.10. The summed E-state index contributed by atoms with van der Waals surface area (Å²) in [6.45, 7) is 5.60. The van der Waals surface area contributed by atoms with Gasteiger partial charge in [0.05, 0.1) is 5.75 Å². The van der Waals surface area contributed by atoms with E-state index >= 15 is 0 Å². The molecule has 2 rings (SSSR count). The van der Waals surface area contributed by atoms with Gasteiger partial charge in [0.15, 0.2) is 0 Å². The smallest absolute Gasteiger partial charge is 0.325 e. The second-order valence-corrected chi connectivity index (χ2v) is 6.22. The lowest BCUT2D eigenvalue weighted by molar-refractivity contribution is -0.113. The Morgan fingerprint density at radius 1 is 1.42 bits per heavy atom. The second-order valence-electron chi connectivity index (χ2n) is 5.26. The minimum atomic E-state index is -0.526. The number of aryl methyl sites for hydroxylation is 3. The van der Waals surface area contributed by atoms with Gasteiger partial charge in [0.2, 0.25) is 5.91 Å². The van der Waals surface area contributed by atoms with Crippen LogP contribution in [0.15, 0.2) is 28.0 Å². The number of para-hydroxylation sites is 1. The Kier molecular flexibility index (Phi) is 5.77. The van der Waals surface area contributed by atoms with Gasteiger partial charge >= 0.3 is 5.69 Å². The van der Waals surface area contributed by atoms with Crippen LogP contribution in [0, 0.1) is 25.2 Å². The molecule has 0 saturated carbocycles. The van der Waals surface area contributed by atoms with Crippen molar-refractivity contribution in [1.82, 2.24) is 9.97 Å². The average molecular weight is 342 g/mol. The first-order valence-corrected chi connectivity index (χ1v) is 8.47. The molecule has 0 aliphatic rings. The quantitative estimate of drug-likeness (QED) is 0.643. The fourth-order valence-electron chi connectivity index (χ4n) is 2.31. The number of aromatic amines is 1. The number of H-pyrrole nitrogens is 1. The number of carbonyl (C=O) groups is 1. The lowest BCUT2D eigenvalue weighted by Gasteiger charge is -2.13. The number of nitriles is 1. The van der Waals surface area contributed by atoms with Crippen LogP contribution in [0.5, 0.6) is 0 Å². The molecule has 0 saturated heterocycles. The van der Waals surface area contributed by atoms with Crippen LogP contribution in [-0.2, 0) is 11.2 Å². The molecular formula is C17H18N4O2S. The molecule has 24 heavy (non-hydrogen) atoms. The molecular weight excluding hydrogens is 324 g/mol. The van der Waals surface area contributed by atoms with Crippen molar-refractivity contribution in [1.29, 1.82) is 5.26 Å². The maximum absolute atomic E-state index is 12.2. The van der Waals surface area contributed by atoms with E-state index in [0.717, 1.165) is 35.0 Å². The minimum Gasteiger partial charge on any atom is -0.325 e. The third-order valence-electron chi connectivity index (χ3n) is 3.54. The summed E-state index contributed by atoms with van der Waals surface area (Å²) < 4.78 is 0. The Labute approximate surface area is 144 Å². The highest BCUT2D eigenvalue weighted by molar-refractivity contribution is 8.00. The number of amides is 1. The largest absolute Gasteiger partial charge is 0.346 e. The van der Waals surface area contributed by atoms with Gasteiger partial charge in [-0.2, -0.15) is 10.2 Å². The lowest BCUT2D eigenvalue weighted by atomic mass is 10.1. The number of nitrogens with one attached hydrogen (secondary N) is 2. The van der Waals surface area contributed by atoms with E-state index in [9.17, 15) is 9.59 Å². The van der Waals surface area contributed by atoms with Crippen molar-refractivity contribution in [3.05, 3.63) is 51.1 Å². The molecule has 1 amide bonds. The third-order valence-corrected chi connectivity index (χ3v) is 4.52. The number of rotatable bonds is 5. The van der Waals surface area contributed by atoms with Crippen LogP contribution in [-0.4, -0.2) is 21.6 Å². The number of anilines is 1. The topological polar surface area (TPSA) is 98.6 Å². The Morgan fingerprint density at radius 3 is 2.83 bits per heavy atom. The van der Waals surface area contributed by atoms with Gasteiger partial charge in [0.1, 0.15) is 16.7 Å². The molecule has 0 radical (unpaired) electrons. The van der Waals surface area contributed by atoms with Gasteiger partial charge in [-0.3, -0.25) is 4.79 Å². The molecule has 2 aromatic rings. The Morgan fingerprint density at radius 2 is 2.17 bits per heavy atom. The highest BCUT2D eigenvalue weighted by atomic mass is 32.2. The summed E-state index contributed by atoms with van der Waals surface area (Å²) in [7, 11) is 0. The van der Waals surface area contributed by atoms with Gasteiger partial charge in [0.25, 0.3) is 0 Å². The number of carbonyl (C=O) groups excluding carboxylic acids is 1. The molecule has 7 heteroatoms. The first-order valence-electron chi connectivity index (χ1n) is 7.48. The van der Waals surface area contributed by atoms with E-state index < -0.39 is 5.69 Å². The lowest BCUT2D eigenvalue weighted by Crippen LogP contribution is -2.18.